The van der Waals surface area contributed by atoms with E-state index >= 15 is 0 Å². The van der Waals surface area contributed by atoms with Gasteiger partial charge in [-0.15, -0.1) is 11.6 Å². The molecule has 78 valence electrons. The van der Waals surface area contributed by atoms with Crippen molar-refractivity contribution in [3.63, 3.8) is 0 Å². The van der Waals surface area contributed by atoms with Gasteiger partial charge in [-0.1, -0.05) is 12.2 Å². The molecule has 0 amide bonds. The van der Waals surface area contributed by atoms with Crippen LogP contribution in [0.3, 0.4) is 0 Å². The lowest BCUT2D eigenvalue weighted by atomic mass is 10.4. The Morgan fingerprint density at radius 1 is 1.46 bits per heavy atom. The minimum Gasteiger partial charge on any atom is -0.212 e. The van der Waals surface area contributed by atoms with Crippen LogP contribution in [0.2, 0.25) is 0 Å². The van der Waals surface area contributed by atoms with Gasteiger partial charge in [-0.25, -0.2) is 13.1 Å². The number of unbranched alkanes of at least 4 members (excludes halogenated alkanes) is 1. The van der Waals surface area contributed by atoms with Gasteiger partial charge in [0.1, 0.15) is 0 Å². The van der Waals surface area contributed by atoms with Gasteiger partial charge < -0.3 is 0 Å². The standard InChI is InChI=1S/C8H16ClNO2S/c1-8(2)7-10-13(11,12)6-4-3-5-9/h10H,1,3-7H2,2H3. The van der Waals surface area contributed by atoms with Crippen molar-refractivity contribution < 1.29 is 8.42 Å². The first-order valence-electron chi connectivity index (χ1n) is 4.15. The number of sulfonamides is 1. The van der Waals surface area contributed by atoms with Crippen LogP contribution in [-0.4, -0.2) is 26.6 Å². The van der Waals surface area contributed by atoms with Crippen LogP contribution in [0, 0.1) is 0 Å². The highest BCUT2D eigenvalue weighted by atomic mass is 35.5. The summed E-state index contributed by atoms with van der Waals surface area (Å²) in [4.78, 5) is 0. The molecule has 0 saturated carbocycles. The number of hydrogen-bond acceptors (Lipinski definition) is 2. The van der Waals surface area contributed by atoms with Crippen LogP contribution < -0.4 is 4.72 Å². The average Bonchev–Trinajstić information content (AvgIpc) is 2.02. The summed E-state index contributed by atoms with van der Waals surface area (Å²) in [5, 5.41) is 0. The second-order valence-corrected chi connectivity index (χ2v) is 5.30. The molecule has 0 unspecified atom stereocenters. The summed E-state index contributed by atoms with van der Waals surface area (Å²) < 4.78 is 24.9. The van der Waals surface area contributed by atoms with Crippen molar-refractivity contribution in [3.8, 4) is 0 Å². The first-order chi connectivity index (χ1) is 5.98. The van der Waals surface area contributed by atoms with Crippen molar-refractivity contribution in [3.05, 3.63) is 12.2 Å². The average molecular weight is 226 g/mol. The Balaban J connectivity index is 3.74. The summed E-state index contributed by atoms with van der Waals surface area (Å²) in [5.41, 5.74) is 0.806. The van der Waals surface area contributed by atoms with E-state index in [1.165, 1.54) is 0 Å². The van der Waals surface area contributed by atoms with E-state index in [2.05, 4.69) is 11.3 Å². The van der Waals surface area contributed by atoms with Crippen LogP contribution in [0.25, 0.3) is 0 Å². The maximum absolute atomic E-state index is 11.2. The fourth-order valence-corrected chi connectivity index (χ4v) is 2.08. The van der Waals surface area contributed by atoms with Crippen LogP contribution in [-0.2, 0) is 10.0 Å². The molecule has 0 rings (SSSR count). The summed E-state index contributed by atoms with van der Waals surface area (Å²) in [6.07, 6.45) is 1.34. The Bertz CT molecular complexity index is 249. The van der Waals surface area contributed by atoms with Crippen LogP contribution in [0.15, 0.2) is 12.2 Å². The number of alkyl halides is 1. The molecule has 0 aromatic rings. The largest absolute Gasteiger partial charge is 0.212 e. The molecule has 0 spiro atoms. The predicted octanol–water partition coefficient (Wildman–Crippen LogP) is 1.50. The molecule has 0 aromatic carbocycles. The first kappa shape index (κ1) is 12.9. The van der Waals surface area contributed by atoms with E-state index < -0.39 is 10.0 Å². The van der Waals surface area contributed by atoms with Gasteiger partial charge in [0.2, 0.25) is 10.0 Å². The molecule has 0 radical (unpaired) electrons. The van der Waals surface area contributed by atoms with E-state index in [9.17, 15) is 8.42 Å². The molecule has 0 aliphatic rings. The lowest BCUT2D eigenvalue weighted by Gasteiger charge is -2.05. The topological polar surface area (TPSA) is 46.2 Å². The van der Waals surface area contributed by atoms with E-state index in [4.69, 9.17) is 11.6 Å². The molecule has 0 saturated heterocycles. The maximum atomic E-state index is 11.2. The smallest absolute Gasteiger partial charge is 0.211 e. The molecular formula is C8H16ClNO2S. The highest BCUT2D eigenvalue weighted by molar-refractivity contribution is 7.89. The van der Waals surface area contributed by atoms with Crippen LogP contribution in [0.1, 0.15) is 19.8 Å². The summed E-state index contributed by atoms with van der Waals surface area (Å²) >= 11 is 5.43. The van der Waals surface area contributed by atoms with Crippen LogP contribution in [0.4, 0.5) is 0 Å². The van der Waals surface area contributed by atoms with E-state index in [-0.39, 0.29) is 5.75 Å². The number of hydrogen-bond donors (Lipinski definition) is 1. The zero-order valence-electron chi connectivity index (χ0n) is 7.85. The minimum atomic E-state index is -3.12. The summed E-state index contributed by atoms with van der Waals surface area (Å²) in [7, 11) is -3.12. The van der Waals surface area contributed by atoms with Crippen molar-refractivity contribution >= 4 is 21.6 Å². The Kier molecular flexibility index (Phi) is 6.37. The van der Waals surface area contributed by atoms with Crippen LogP contribution in [0.5, 0.6) is 0 Å². The third-order valence-electron chi connectivity index (χ3n) is 1.39. The highest BCUT2D eigenvalue weighted by Gasteiger charge is 2.07. The molecule has 0 fully saturated rings. The van der Waals surface area contributed by atoms with Gasteiger partial charge in [0.15, 0.2) is 0 Å². The molecule has 5 heteroatoms. The van der Waals surface area contributed by atoms with Gasteiger partial charge in [-0.3, -0.25) is 0 Å². The predicted molar refractivity (Wildman–Crippen MR) is 56.6 cm³/mol. The summed E-state index contributed by atoms with van der Waals surface area (Å²) in [6.45, 7) is 5.71. The third-order valence-corrected chi connectivity index (χ3v) is 3.07. The lowest BCUT2D eigenvalue weighted by molar-refractivity contribution is 0.581. The second-order valence-electron chi connectivity index (χ2n) is 2.99. The van der Waals surface area contributed by atoms with Crippen molar-refractivity contribution in [1.82, 2.24) is 4.72 Å². The Morgan fingerprint density at radius 2 is 2.08 bits per heavy atom. The van der Waals surface area contributed by atoms with E-state index in [0.29, 0.717) is 18.8 Å². The quantitative estimate of drug-likeness (QED) is 0.406. The fourth-order valence-electron chi connectivity index (χ4n) is 0.692. The SMILES string of the molecule is C=C(C)CNS(=O)(=O)CCCCCl. The van der Waals surface area contributed by atoms with Gasteiger partial charge in [0.05, 0.1) is 5.75 Å². The van der Waals surface area contributed by atoms with E-state index in [1.807, 2.05) is 0 Å². The second kappa shape index (κ2) is 6.40. The first-order valence-corrected chi connectivity index (χ1v) is 6.34. The molecule has 13 heavy (non-hydrogen) atoms. The van der Waals surface area contributed by atoms with Gasteiger partial charge in [-0.05, 0) is 19.8 Å². The zero-order valence-corrected chi connectivity index (χ0v) is 9.42. The molecule has 3 nitrogen and oxygen atoms in total. The van der Waals surface area contributed by atoms with Gasteiger partial charge in [0.25, 0.3) is 0 Å². The molecular weight excluding hydrogens is 210 g/mol. The molecule has 1 N–H and O–H groups in total. The number of rotatable bonds is 7. The number of halogens is 1. The normalized spacial score (nSPS) is 11.5. The van der Waals surface area contributed by atoms with Crippen molar-refractivity contribution in [2.45, 2.75) is 19.8 Å². The molecule has 0 aromatic heterocycles. The van der Waals surface area contributed by atoms with E-state index in [1.54, 1.807) is 6.92 Å². The Morgan fingerprint density at radius 3 is 2.54 bits per heavy atom. The maximum Gasteiger partial charge on any atom is 0.211 e. The number of nitrogens with one attached hydrogen (secondary N) is 1. The third kappa shape index (κ3) is 8.28. The molecule has 0 heterocycles. The lowest BCUT2D eigenvalue weighted by Crippen LogP contribution is -2.27. The highest BCUT2D eigenvalue weighted by Crippen LogP contribution is 1.96. The zero-order chi connectivity index (χ0) is 10.3. The molecule has 0 bridgehead atoms. The Labute approximate surface area is 85.2 Å². The van der Waals surface area contributed by atoms with Gasteiger partial charge in [-0.2, -0.15) is 0 Å². The van der Waals surface area contributed by atoms with Gasteiger partial charge in [0, 0.05) is 12.4 Å². The minimum absolute atomic E-state index is 0.146. The van der Waals surface area contributed by atoms with Crippen LogP contribution >= 0.6 is 11.6 Å². The van der Waals surface area contributed by atoms with Crippen molar-refractivity contribution in [1.29, 1.82) is 0 Å². The monoisotopic (exact) mass is 225 g/mol. The molecule has 0 atom stereocenters. The van der Waals surface area contributed by atoms with Crippen molar-refractivity contribution in [2.24, 2.45) is 0 Å². The summed E-state index contributed by atoms with van der Waals surface area (Å²) in [6, 6.07) is 0. The molecule has 0 aliphatic carbocycles. The van der Waals surface area contributed by atoms with Gasteiger partial charge >= 0.3 is 0 Å². The van der Waals surface area contributed by atoms with Crippen molar-refractivity contribution in [2.75, 3.05) is 18.2 Å². The molecule has 0 aliphatic heterocycles. The summed E-state index contributed by atoms with van der Waals surface area (Å²) in [5.74, 6) is 0.656. The van der Waals surface area contributed by atoms with E-state index in [0.717, 1.165) is 12.0 Å². The Hall–Kier alpha value is -0.0600. The fraction of sp³-hybridized carbons (Fsp3) is 0.750.